The second-order valence-corrected chi connectivity index (χ2v) is 6.64. The van der Waals surface area contributed by atoms with Crippen LogP contribution in [0.15, 0.2) is 47.5 Å². The molecule has 2 saturated heterocycles. The molecule has 0 bridgehead atoms. The van der Waals surface area contributed by atoms with Gasteiger partial charge < -0.3 is 18.9 Å². The van der Waals surface area contributed by atoms with Gasteiger partial charge in [-0.2, -0.15) is 0 Å². The highest BCUT2D eigenvalue weighted by molar-refractivity contribution is 5.73. The first-order valence-corrected chi connectivity index (χ1v) is 8.75. The molecule has 2 fully saturated rings. The zero-order valence-corrected chi connectivity index (χ0v) is 14.5. The number of aliphatic imine (C=N–C) groups is 1. The summed E-state index contributed by atoms with van der Waals surface area (Å²) in [6.45, 7) is 1.72. The molecule has 3 aliphatic rings. The van der Waals surface area contributed by atoms with E-state index in [2.05, 4.69) is 4.90 Å². The lowest BCUT2D eigenvalue weighted by atomic mass is 10.1. The van der Waals surface area contributed by atoms with Crippen molar-refractivity contribution in [3.05, 3.63) is 53.6 Å². The van der Waals surface area contributed by atoms with Crippen molar-refractivity contribution in [2.45, 2.75) is 25.0 Å². The highest BCUT2D eigenvalue weighted by Crippen LogP contribution is 2.50. The molecule has 0 aromatic heterocycles. The molecule has 5 rings (SSSR count). The normalized spacial score (nSPS) is 26.3. The minimum atomic E-state index is 0.00345. The zero-order chi connectivity index (χ0) is 17.5. The molecule has 0 N–H and O–H groups in total. The predicted octanol–water partition coefficient (Wildman–Crippen LogP) is 3.05. The van der Waals surface area contributed by atoms with E-state index in [0.29, 0.717) is 31.4 Å². The molecule has 3 atom stereocenters. The van der Waals surface area contributed by atoms with Gasteiger partial charge in [-0.05, 0) is 11.6 Å². The van der Waals surface area contributed by atoms with Crippen LogP contribution in [0.2, 0.25) is 0 Å². The van der Waals surface area contributed by atoms with Crippen LogP contribution >= 0.6 is 0 Å². The highest BCUT2D eigenvalue weighted by Gasteiger charge is 2.50. The Balaban J connectivity index is 1.46. The van der Waals surface area contributed by atoms with E-state index in [1.807, 2.05) is 48.7 Å². The fraction of sp³-hybridized carbons (Fsp3) is 0.350. The van der Waals surface area contributed by atoms with Gasteiger partial charge in [0.25, 0.3) is 0 Å². The molecule has 0 amide bonds. The lowest BCUT2D eigenvalue weighted by Crippen LogP contribution is -2.35. The van der Waals surface area contributed by atoms with Gasteiger partial charge in [0.1, 0.15) is 25.7 Å². The number of hydrogen-bond acceptors (Lipinski definition) is 6. The molecule has 3 heterocycles. The Morgan fingerprint density at radius 3 is 2.92 bits per heavy atom. The van der Waals surface area contributed by atoms with Crippen LogP contribution in [-0.4, -0.2) is 43.8 Å². The molecule has 2 unspecified atom stereocenters. The summed E-state index contributed by atoms with van der Waals surface area (Å²) in [4.78, 5) is 6.89. The van der Waals surface area contributed by atoms with Crippen molar-refractivity contribution in [2.75, 3.05) is 20.4 Å². The second kappa shape index (κ2) is 6.39. The topological polar surface area (TPSA) is 55.8 Å². The van der Waals surface area contributed by atoms with Gasteiger partial charge in [-0.3, -0.25) is 4.99 Å². The molecule has 6 heteroatoms. The first-order valence-electron chi connectivity index (χ1n) is 8.75. The zero-order valence-electron chi connectivity index (χ0n) is 14.5. The van der Waals surface area contributed by atoms with Gasteiger partial charge in [-0.25, -0.2) is 4.90 Å². The molecule has 0 radical (unpaired) electrons. The number of epoxide rings is 1. The molecule has 0 saturated carbocycles. The standard InChI is InChI=1S/C20H20N2O4/c1-23-17-7-15-16(8-18(17)25-10-13-5-3-2-4-6-13)21-9-14-11-24-12-22(14)20-19(15)26-20/h2-9,14,19-20H,10-12H2,1H3/t14-,19?,20?/m1/s1. The molecular formula is C20H20N2O4. The first kappa shape index (κ1) is 15.8. The Morgan fingerprint density at radius 2 is 2.08 bits per heavy atom. The van der Waals surface area contributed by atoms with Crippen molar-refractivity contribution < 1.29 is 18.9 Å². The Morgan fingerprint density at radius 1 is 1.19 bits per heavy atom. The van der Waals surface area contributed by atoms with E-state index in [0.717, 1.165) is 16.8 Å². The molecule has 0 aliphatic carbocycles. The van der Waals surface area contributed by atoms with Gasteiger partial charge in [0.05, 0.1) is 25.4 Å². The molecule has 3 aliphatic heterocycles. The minimum Gasteiger partial charge on any atom is -0.493 e. The lowest BCUT2D eigenvalue weighted by molar-refractivity contribution is 0.107. The van der Waals surface area contributed by atoms with Gasteiger partial charge in [0, 0.05) is 17.8 Å². The van der Waals surface area contributed by atoms with Crippen LogP contribution in [0.4, 0.5) is 5.69 Å². The second-order valence-electron chi connectivity index (χ2n) is 6.64. The molecule has 2 aromatic rings. The third-order valence-electron chi connectivity index (χ3n) is 4.99. The summed E-state index contributed by atoms with van der Waals surface area (Å²) in [5.41, 5.74) is 3.00. The number of ether oxygens (including phenoxy) is 4. The van der Waals surface area contributed by atoms with Gasteiger partial charge >= 0.3 is 0 Å². The molecule has 26 heavy (non-hydrogen) atoms. The Labute approximate surface area is 151 Å². The quantitative estimate of drug-likeness (QED) is 0.792. The van der Waals surface area contributed by atoms with Crippen molar-refractivity contribution >= 4 is 11.9 Å². The van der Waals surface area contributed by atoms with Crippen LogP contribution < -0.4 is 9.47 Å². The third kappa shape index (κ3) is 2.76. The largest absolute Gasteiger partial charge is 0.493 e. The van der Waals surface area contributed by atoms with Crippen LogP contribution in [0, 0.1) is 0 Å². The maximum Gasteiger partial charge on any atom is 0.163 e. The molecule has 2 aromatic carbocycles. The van der Waals surface area contributed by atoms with Crippen LogP contribution in [0.5, 0.6) is 11.5 Å². The summed E-state index contributed by atoms with van der Waals surface area (Å²) in [6, 6.07) is 14.2. The van der Waals surface area contributed by atoms with Crippen molar-refractivity contribution in [3.8, 4) is 11.5 Å². The van der Waals surface area contributed by atoms with E-state index in [4.69, 9.17) is 23.9 Å². The first-order chi connectivity index (χ1) is 12.8. The molecule has 0 spiro atoms. The molecule has 134 valence electrons. The van der Waals surface area contributed by atoms with Crippen LogP contribution in [0.3, 0.4) is 0 Å². The summed E-state index contributed by atoms with van der Waals surface area (Å²) in [6.07, 6.45) is 1.99. The maximum absolute atomic E-state index is 6.01. The lowest BCUT2D eigenvalue weighted by Gasteiger charge is -2.19. The van der Waals surface area contributed by atoms with Gasteiger partial charge in [0.15, 0.2) is 11.5 Å². The number of methoxy groups -OCH3 is 1. The summed E-state index contributed by atoms with van der Waals surface area (Å²) in [7, 11) is 1.65. The van der Waals surface area contributed by atoms with Gasteiger partial charge in [-0.15, -0.1) is 0 Å². The Hall–Kier alpha value is -2.41. The number of fused-ring (bicyclic) bond motifs is 5. The monoisotopic (exact) mass is 352 g/mol. The van der Waals surface area contributed by atoms with E-state index < -0.39 is 0 Å². The average molecular weight is 352 g/mol. The van der Waals surface area contributed by atoms with Crippen molar-refractivity contribution in [1.82, 2.24) is 4.90 Å². The smallest absolute Gasteiger partial charge is 0.163 e. The summed E-state index contributed by atoms with van der Waals surface area (Å²) in [5.74, 6) is 1.38. The number of hydrogen-bond donors (Lipinski definition) is 0. The van der Waals surface area contributed by atoms with Crippen molar-refractivity contribution in [1.29, 1.82) is 0 Å². The Kier molecular flexibility index (Phi) is 3.89. The maximum atomic E-state index is 6.01. The van der Waals surface area contributed by atoms with Crippen LogP contribution in [-0.2, 0) is 16.1 Å². The van der Waals surface area contributed by atoms with Gasteiger partial charge in [-0.1, -0.05) is 30.3 Å². The van der Waals surface area contributed by atoms with Crippen molar-refractivity contribution in [3.63, 3.8) is 0 Å². The predicted molar refractivity (Wildman–Crippen MR) is 96.0 cm³/mol. The van der Waals surface area contributed by atoms with Crippen LogP contribution in [0.25, 0.3) is 0 Å². The fourth-order valence-corrected chi connectivity index (χ4v) is 3.52. The molecular weight excluding hydrogens is 332 g/mol. The van der Waals surface area contributed by atoms with E-state index in [9.17, 15) is 0 Å². The number of rotatable bonds is 4. The van der Waals surface area contributed by atoms with E-state index >= 15 is 0 Å². The summed E-state index contributed by atoms with van der Waals surface area (Å²) in [5, 5.41) is 0. The van der Waals surface area contributed by atoms with E-state index in [1.54, 1.807) is 7.11 Å². The number of nitrogens with zero attached hydrogens (tertiary/aromatic N) is 2. The minimum absolute atomic E-state index is 0.00345. The average Bonchev–Trinajstić information content (AvgIpc) is 3.32. The third-order valence-corrected chi connectivity index (χ3v) is 4.99. The van der Waals surface area contributed by atoms with Crippen molar-refractivity contribution in [2.24, 2.45) is 4.99 Å². The number of benzene rings is 2. The van der Waals surface area contributed by atoms with E-state index in [-0.39, 0.29) is 18.4 Å². The Bertz CT molecular complexity index is 839. The van der Waals surface area contributed by atoms with E-state index in [1.165, 1.54) is 0 Å². The van der Waals surface area contributed by atoms with Crippen LogP contribution in [0.1, 0.15) is 17.2 Å². The molecule has 6 nitrogen and oxygen atoms in total. The highest BCUT2D eigenvalue weighted by atomic mass is 16.6. The summed E-state index contributed by atoms with van der Waals surface area (Å²) >= 11 is 0. The fourth-order valence-electron chi connectivity index (χ4n) is 3.52. The summed E-state index contributed by atoms with van der Waals surface area (Å²) < 4.78 is 23.0. The van der Waals surface area contributed by atoms with Gasteiger partial charge in [0.2, 0.25) is 0 Å². The SMILES string of the molecule is COc1cc2c(cc1OCc1ccccc1)N=C[C@@H]1COCN1C1OC21.